The molecule has 0 aliphatic heterocycles. The van der Waals surface area contributed by atoms with Crippen molar-refractivity contribution < 1.29 is 8.78 Å². The zero-order valence-corrected chi connectivity index (χ0v) is 7.30. The van der Waals surface area contributed by atoms with Gasteiger partial charge in [0, 0.05) is 24.4 Å². The number of pyridine rings is 1. The summed E-state index contributed by atoms with van der Waals surface area (Å²) in [5.74, 6) is -1.54. The maximum atomic E-state index is 13.1. The molecule has 2 aromatic heterocycles. The third-order valence-corrected chi connectivity index (χ3v) is 1.95. The Hall–Kier alpha value is -1.71. The highest BCUT2D eigenvalue weighted by molar-refractivity contribution is 5.22. The van der Waals surface area contributed by atoms with Gasteiger partial charge in [-0.3, -0.25) is 0 Å². The molecule has 0 saturated carbocycles. The lowest BCUT2D eigenvalue weighted by Gasteiger charge is -1.99. The molecule has 2 rings (SSSR count). The third-order valence-electron chi connectivity index (χ3n) is 1.95. The molecule has 0 aliphatic rings. The Labute approximate surface area is 79.6 Å². The Balaban J connectivity index is 2.25. The first kappa shape index (κ1) is 8.87. The van der Waals surface area contributed by atoms with E-state index < -0.39 is 11.9 Å². The monoisotopic (exact) mass is 194 g/mol. The van der Waals surface area contributed by atoms with E-state index in [9.17, 15) is 8.78 Å². The molecule has 0 aromatic carbocycles. The number of rotatable bonds is 2. The largest absolute Gasteiger partial charge is 0.367 e. The van der Waals surface area contributed by atoms with Crippen molar-refractivity contribution in [1.82, 2.24) is 9.97 Å². The second-order valence-electron chi connectivity index (χ2n) is 2.98. The fourth-order valence-electron chi connectivity index (χ4n) is 1.26. The maximum absolute atomic E-state index is 13.1. The van der Waals surface area contributed by atoms with Crippen molar-refractivity contribution in [2.24, 2.45) is 0 Å². The van der Waals surface area contributed by atoms with E-state index in [4.69, 9.17) is 0 Å². The first-order chi connectivity index (χ1) is 6.75. The van der Waals surface area contributed by atoms with E-state index in [1.54, 1.807) is 12.4 Å². The molecular formula is C10H8F2N2. The van der Waals surface area contributed by atoms with E-state index in [0.29, 0.717) is 12.0 Å². The average molecular weight is 194 g/mol. The Morgan fingerprint density at radius 3 is 2.71 bits per heavy atom. The van der Waals surface area contributed by atoms with Crippen molar-refractivity contribution in [2.75, 3.05) is 0 Å². The van der Waals surface area contributed by atoms with Crippen molar-refractivity contribution in [3.05, 3.63) is 53.6 Å². The minimum atomic E-state index is -0.791. The molecule has 72 valence electrons. The fraction of sp³-hybridized carbons (Fsp3) is 0.100. The molecule has 2 nitrogen and oxygen atoms in total. The summed E-state index contributed by atoms with van der Waals surface area (Å²) in [5, 5.41) is 0. The van der Waals surface area contributed by atoms with Gasteiger partial charge in [-0.25, -0.2) is 0 Å². The van der Waals surface area contributed by atoms with Gasteiger partial charge in [0.25, 0.3) is 0 Å². The standard InChI is InChI=1S/C10H8F2N2/c11-9-2-1-8(10(12)14-9)5-7-3-4-13-6-7/h1-4,6,13H,5H2. The van der Waals surface area contributed by atoms with E-state index in [0.717, 1.165) is 11.6 Å². The second-order valence-corrected chi connectivity index (χ2v) is 2.98. The highest BCUT2D eigenvalue weighted by atomic mass is 19.1. The van der Waals surface area contributed by atoms with Gasteiger partial charge in [0.1, 0.15) is 0 Å². The number of hydrogen-bond acceptors (Lipinski definition) is 1. The molecule has 0 spiro atoms. The Morgan fingerprint density at radius 1 is 1.21 bits per heavy atom. The van der Waals surface area contributed by atoms with Crippen molar-refractivity contribution in [2.45, 2.75) is 6.42 Å². The average Bonchev–Trinajstić information content (AvgIpc) is 2.62. The van der Waals surface area contributed by atoms with Crippen LogP contribution in [0.1, 0.15) is 11.1 Å². The van der Waals surface area contributed by atoms with Gasteiger partial charge in [0.2, 0.25) is 11.9 Å². The van der Waals surface area contributed by atoms with Crippen molar-refractivity contribution in [1.29, 1.82) is 0 Å². The maximum Gasteiger partial charge on any atom is 0.219 e. The van der Waals surface area contributed by atoms with E-state index in [-0.39, 0.29) is 0 Å². The molecule has 0 bridgehead atoms. The van der Waals surface area contributed by atoms with Gasteiger partial charge >= 0.3 is 0 Å². The molecule has 2 heterocycles. The number of nitrogens with zero attached hydrogens (tertiary/aromatic N) is 1. The number of halogens is 2. The third kappa shape index (κ3) is 1.79. The van der Waals surface area contributed by atoms with Gasteiger partial charge in [-0.05, 0) is 23.8 Å². The lowest BCUT2D eigenvalue weighted by atomic mass is 10.1. The molecule has 0 amide bonds. The molecule has 2 aromatic rings. The molecule has 0 aliphatic carbocycles. The van der Waals surface area contributed by atoms with Crippen LogP contribution in [0, 0.1) is 11.9 Å². The summed E-state index contributed by atoms with van der Waals surface area (Å²) in [4.78, 5) is 5.97. The SMILES string of the molecule is Fc1ccc(Cc2cc[nH]c2)c(F)n1. The van der Waals surface area contributed by atoms with Crippen LogP contribution < -0.4 is 0 Å². The number of aromatic amines is 1. The van der Waals surface area contributed by atoms with Gasteiger partial charge < -0.3 is 4.98 Å². The second kappa shape index (κ2) is 3.57. The first-order valence-corrected chi connectivity index (χ1v) is 4.18. The lowest BCUT2D eigenvalue weighted by molar-refractivity contribution is 0.504. The zero-order valence-electron chi connectivity index (χ0n) is 7.30. The molecule has 4 heteroatoms. The summed E-state index contributed by atoms with van der Waals surface area (Å²) in [6.45, 7) is 0. The lowest BCUT2D eigenvalue weighted by Crippen LogP contribution is -1.96. The van der Waals surface area contributed by atoms with Crippen LogP contribution in [-0.2, 0) is 6.42 Å². The number of H-pyrrole nitrogens is 1. The summed E-state index contributed by atoms with van der Waals surface area (Å²) in [7, 11) is 0. The van der Waals surface area contributed by atoms with E-state index in [1.807, 2.05) is 6.07 Å². The summed E-state index contributed by atoms with van der Waals surface area (Å²) in [6.07, 6.45) is 3.94. The molecule has 1 N–H and O–H groups in total. The molecule has 0 fully saturated rings. The topological polar surface area (TPSA) is 28.7 Å². The fourth-order valence-corrected chi connectivity index (χ4v) is 1.26. The molecule has 0 radical (unpaired) electrons. The van der Waals surface area contributed by atoms with E-state index in [1.165, 1.54) is 6.07 Å². The summed E-state index contributed by atoms with van der Waals surface area (Å²) in [5.41, 5.74) is 1.34. The van der Waals surface area contributed by atoms with Crippen LogP contribution in [0.4, 0.5) is 8.78 Å². The molecule has 0 atom stereocenters. The van der Waals surface area contributed by atoms with Crippen LogP contribution in [0.15, 0.2) is 30.6 Å². The van der Waals surface area contributed by atoms with Crippen LogP contribution in [-0.4, -0.2) is 9.97 Å². The molecule has 0 saturated heterocycles. The van der Waals surface area contributed by atoms with Crippen LogP contribution in [0.3, 0.4) is 0 Å². The van der Waals surface area contributed by atoms with Crippen molar-refractivity contribution >= 4 is 0 Å². The molecule has 14 heavy (non-hydrogen) atoms. The van der Waals surface area contributed by atoms with Crippen molar-refractivity contribution in [3.8, 4) is 0 Å². The Morgan fingerprint density at radius 2 is 2.07 bits per heavy atom. The highest BCUT2D eigenvalue weighted by Gasteiger charge is 2.05. The highest BCUT2D eigenvalue weighted by Crippen LogP contribution is 2.11. The summed E-state index contributed by atoms with van der Waals surface area (Å²) >= 11 is 0. The Bertz CT molecular complexity index is 424. The summed E-state index contributed by atoms with van der Waals surface area (Å²) < 4.78 is 25.6. The van der Waals surface area contributed by atoms with Crippen LogP contribution in [0.5, 0.6) is 0 Å². The minimum absolute atomic E-state index is 0.394. The first-order valence-electron chi connectivity index (χ1n) is 4.18. The number of nitrogens with one attached hydrogen (secondary N) is 1. The van der Waals surface area contributed by atoms with Gasteiger partial charge in [0.15, 0.2) is 0 Å². The predicted molar refractivity (Wildman–Crippen MR) is 47.8 cm³/mol. The van der Waals surface area contributed by atoms with Crippen LogP contribution in [0.25, 0.3) is 0 Å². The molecular weight excluding hydrogens is 186 g/mol. The Kier molecular flexibility index (Phi) is 2.26. The smallest absolute Gasteiger partial charge is 0.219 e. The van der Waals surface area contributed by atoms with E-state index in [2.05, 4.69) is 9.97 Å². The predicted octanol–water partition coefficient (Wildman–Crippen LogP) is 2.28. The number of hydrogen-bond donors (Lipinski definition) is 1. The van der Waals surface area contributed by atoms with Gasteiger partial charge in [-0.15, -0.1) is 0 Å². The zero-order chi connectivity index (χ0) is 9.97. The van der Waals surface area contributed by atoms with Gasteiger partial charge in [-0.2, -0.15) is 13.8 Å². The minimum Gasteiger partial charge on any atom is -0.367 e. The van der Waals surface area contributed by atoms with Gasteiger partial charge in [0.05, 0.1) is 0 Å². The van der Waals surface area contributed by atoms with Crippen molar-refractivity contribution in [3.63, 3.8) is 0 Å². The van der Waals surface area contributed by atoms with Gasteiger partial charge in [-0.1, -0.05) is 0 Å². The van der Waals surface area contributed by atoms with E-state index >= 15 is 0 Å². The van der Waals surface area contributed by atoms with Crippen LogP contribution in [0.2, 0.25) is 0 Å². The molecule has 0 unspecified atom stereocenters. The van der Waals surface area contributed by atoms with Crippen LogP contribution >= 0.6 is 0 Å². The summed E-state index contributed by atoms with van der Waals surface area (Å²) in [6, 6.07) is 4.40. The quantitative estimate of drug-likeness (QED) is 0.730. The normalized spacial score (nSPS) is 10.4. The number of aromatic nitrogens is 2.